The van der Waals surface area contributed by atoms with Gasteiger partial charge in [0.25, 0.3) is 0 Å². The fourth-order valence-corrected chi connectivity index (χ4v) is 3.04. The number of hydrogen-bond acceptors (Lipinski definition) is 4. The van der Waals surface area contributed by atoms with Gasteiger partial charge in [-0.25, -0.2) is 4.98 Å². The number of carbonyl (C=O) groups is 1. The second-order valence-corrected chi connectivity index (χ2v) is 6.49. The summed E-state index contributed by atoms with van der Waals surface area (Å²) in [6.07, 6.45) is 3.21. The zero-order valence-electron chi connectivity index (χ0n) is 14.0. The van der Waals surface area contributed by atoms with Crippen LogP contribution in [0.5, 0.6) is 5.75 Å². The van der Waals surface area contributed by atoms with Crippen molar-refractivity contribution < 1.29 is 13.9 Å². The summed E-state index contributed by atoms with van der Waals surface area (Å²) in [5.74, 6) is 2.04. The molecule has 6 heteroatoms. The van der Waals surface area contributed by atoms with Gasteiger partial charge in [-0.2, -0.15) is 0 Å². The molecule has 0 spiro atoms. The predicted molar refractivity (Wildman–Crippen MR) is 99.3 cm³/mol. The Balaban J connectivity index is 1.38. The molecule has 0 radical (unpaired) electrons. The number of rotatable bonds is 5. The molecule has 1 amide bonds. The smallest absolute Gasteiger partial charge is 0.232 e. The molecule has 2 aromatic carbocycles. The number of halogens is 1. The normalized spacial score (nSPS) is 14.0. The van der Waals surface area contributed by atoms with Crippen molar-refractivity contribution >= 4 is 23.2 Å². The molecule has 1 fully saturated rings. The van der Waals surface area contributed by atoms with E-state index in [1.165, 1.54) is 0 Å². The molecule has 0 saturated carbocycles. The summed E-state index contributed by atoms with van der Waals surface area (Å²) >= 11 is 5.89. The summed E-state index contributed by atoms with van der Waals surface area (Å²) < 4.78 is 11.4. The Labute approximate surface area is 156 Å². The zero-order chi connectivity index (χ0) is 17.9. The number of amides is 1. The summed E-state index contributed by atoms with van der Waals surface area (Å²) in [7, 11) is 0. The first-order valence-corrected chi connectivity index (χ1v) is 8.81. The summed E-state index contributed by atoms with van der Waals surface area (Å²) in [5, 5.41) is 0.677. The van der Waals surface area contributed by atoms with Crippen LogP contribution in [0, 0.1) is 0 Å². The maximum Gasteiger partial charge on any atom is 0.232 e. The molecule has 1 aliphatic rings. The van der Waals surface area contributed by atoms with Crippen LogP contribution < -0.4 is 9.64 Å². The molecule has 5 nitrogen and oxygen atoms in total. The first-order chi connectivity index (χ1) is 12.7. The van der Waals surface area contributed by atoms with Gasteiger partial charge >= 0.3 is 0 Å². The number of ether oxygens (including phenoxy) is 1. The van der Waals surface area contributed by atoms with Crippen molar-refractivity contribution in [2.75, 3.05) is 11.4 Å². The topological polar surface area (TPSA) is 55.6 Å². The third-order valence-electron chi connectivity index (χ3n) is 4.27. The fraction of sp³-hybridized carbons (Fsp3) is 0.200. The molecule has 0 aliphatic carbocycles. The van der Waals surface area contributed by atoms with Gasteiger partial charge in [0.15, 0.2) is 12.4 Å². The molecule has 0 atom stereocenters. The van der Waals surface area contributed by atoms with Gasteiger partial charge in [-0.05, 0) is 55.0 Å². The molecule has 1 saturated heterocycles. The summed E-state index contributed by atoms with van der Waals surface area (Å²) in [6.45, 7) is 1.01. The average molecular weight is 369 g/mol. The molecule has 3 aromatic rings. The van der Waals surface area contributed by atoms with Crippen molar-refractivity contribution in [1.82, 2.24) is 4.98 Å². The second-order valence-electron chi connectivity index (χ2n) is 6.06. The standard InChI is InChI=1S/C20H17ClN2O3/c21-15-5-3-14(4-6-15)18-12-22-19(26-18)13-25-17-9-7-16(8-10-17)23-11-1-2-20(23)24/h3-10,12H,1-2,11,13H2. The lowest BCUT2D eigenvalue weighted by molar-refractivity contribution is -0.117. The predicted octanol–water partition coefficient (Wildman–Crippen LogP) is 4.70. The van der Waals surface area contributed by atoms with E-state index in [0.717, 1.165) is 24.2 Å². The van der Waals surface area contributed by atoms with Crippen molar-refractivity contribution in [2.24, 2.45) is 0 Å². The molecule has 0 bridgehead atoms. The number of carbonyl (C=O) groups excluding carboxylic acids is 1. The quantitative estimate of drug-likeness (QED) is 0.655. The number of benzene rings is 2. The monoisotopic (exact) mass is 368 g/mol. The molecule has 0 N–H and O–H groups in total. The Bertz CT molecular complexity index is 904. The van der Waals surface area contributed by atoms with Crippen LogP contribution in [-0.2, 0) is 11.4 Å². The minimum Gasteiger partial charge on any atom is -0.484 e. The molecule has 1 aromatic heterocycles. The van der Waals surface area contributed by atoms with Crippen LogP contribution in [0.4, 0.5) is 5.69 Å². The lowest BCUT2D eigenvalue weighted by Crippen LogP contribution is -2.23. The molecule has 0 unspecified atom stereocenters. The van der Waals surface area contributed by atoms with E-state index < -0.39 is 0 Å². The highest BCUT2D eigenvalue weighted by Crippen LogP contribution is 2.25. The lowest BCUT2D eigenvalue weighted by atomic mass is 10.2. The van der Waals surface area contributed by atoms with Crippen LogP contribution in [0.2, 0.25) is 5.02 Å². The maximum atomic E-state index is 11.8. The Morgan fingerprint density at radius 2 is 1.88 bits per heavy atom. The van der Waals surface area contributed by atoms with Crippen LogP contribution in [0.1, 0.15) is 18.7 Å². The van der Waals surface area contributed by atoms with Gasteiger partial charge < -0.3 is 14.1 Å². The molecule has 2 heterocycles. The van der Waals surface area contributed by atoms with E-state index in [-0.39, 0.29) is 12.5 Å². The minimum atomic E-state index is 0.174. The van der Waals surface area contributed by atoms with Crippen LogP contribution in [0.3, 0.4) is 0 Å². The van der Waals surface area contributed by atoms with Gasteiger partial charge in [0.05, 0.1) is 6.20 Å². The maximum absolute atomic E-state index is 11.8. The third-order valence-corrected chi connectivity index (χ3v) is 4.52. The van der Waals surface area contributed by atoms with E-state index in [4.69, 9.17) is 20.8 Å². The van der Waals surface area contributed by atoms with Gasteiger partial charge in [0.2, 0.25) is 11.8 Å². The lowest BCUT2D eigenvalue weighted by Gasteiger charge is -2.15. The minimum absolute atomic E-state index is 0.174. The van der Waals surface area contributed by atoms with E-state index >= 15 is 0 Å². The number of oxazole rings is 1. The van der Waals surface area contributed by atoms with Crippen molar-refractivity contribution in [3.05, 3.63) is 65.6 Å². The summed E-state index contributed by atoms with van der Waals surface area (Å²) in [4.78, 5) is 17.8. The van der Waals surface area contributed by atoms with Crippen LogP contribution in [0.15, 0.2) is 59.1 Å². The van der Waals surface area contributed by atoms with Crippen molar-refractivity contribution in [3.8, 4) is 17.1 Å². The number of nitrogens with zero attached hydrogens (tertiary/aromatic N) is 2. The first kappa shape index (κ1) is 16.7. The highest BCUT2D eigenvalue weighted by Gasteiger charge is 2.21. The van der Waals surface area contributed by atoms with Gasteiger partial charge in [0, 0.05) is 29.2 Å². The molecular weight excluding hydrogens is 352 g/mol. The van der Waals surface area contributed by atoms with Crippen molar-refractivity contribution in [3.63, 3.8) is 0 Å². The summed E-state index contributed by atoms with van der Waals surface area (Å²) in [5.41, 5.74) is 1.81. The Morgan fingerprint density at radius 1 is 1.12 bits per heavy atom. The van der Waals surface area contributed by atoms with E-state index in [1.54, 1.807) is 11.1 Å². The largest absolute Gasteiger partial charge is 0.484 e. The highest BCUT2D eigenvalue weighted by atomic mass is 35.5. The number of anilines is 1. The first-order valence-electron chi connectivity index (χ1n) is 8.43. The summed E-state index contributed by atoms with van der Waals surface area (Å²) in [6, 6.07) is 14.9. The Morgan fingerprint density at radius 3 is 2.58 bits per heavy atom. The Hall–Kier alpha value is -2.79. The van der Waals surface area contributed by atoms with E-state index in [2.05, 4.69) is 4.98 Å². The van der Waals surface area contributed by atoms with E-state index in [1.807, 2.05) is 48.5 Å². The van der Waals surface area contributed by atoms with Crippen LogP contribution in [-0.4, -0.2) is 17.4 Å². The van der Waals surface area contributed by atoms with Crippen molar-refractivity contribution in [2.45, 2.75) is 19.4 Å². The van der Waals surface area contributed by atoms with Crippen LogP contribution >= 0.6 is 11.6 Å². The average Bonchev–Trinajstić information content (AvgIpc) is 3.30. The van der Waals surface area contributed by atoms with E-state index in [9.17, 15) is 4.79 Å². The SMILES string of the molecule is O=C1CCCN1c1ccc(OCc2ncc(-c3ccc(Cl)cc3)o2)cc1. The van der Waals surface area contributed by atoms with Crippen LogP contribution in [0.25, 0.3) is 11.3 Å². The molecule has 132 valence electrons. The van der Waals surface area contributed by atoms with Gasteiger partial charge in [-0.3, -0.25) is 4.79 Å². The second kappa shape index (κ2) is 7.22. The fourth-order valence-electron chi connectivity index (χ4n) is 2.91. The Kier molecular flexibility index (Phi) is 4.63. The third kappa shape index (κ3) is 3.58. The highest BCUT2D eigenvalue weighted by molar-refractivity contribution is 6.30. The molecule has 4 rings (SSSR count). The molecule has 26 heavy (non-hydrogen) atoms. The zero-order valence-corrected chi connectivity index (χ0v) is 14.8. The number of aromatic nitrogens is 1. The van der Waals surface area contributed by atoms with E-state index in [0.29, 0.717) is 28.8 Å². The molecular formula is C20H17ClN2O3. The van der Waals surface area contributed by atoms with Gasteiger partial charge in [-0.1, -0.05) is 11.6 Å². The van der Waals surface area contributed by atoms with Crippen molar-refractivity contribution in [1.29, 1.82) is 0 Å². The van der Waals surface area contributed by atoms with Gasteiger partial charge in [0.1, 0.15) is 5.75 Å². The molecule has 1 aliphatic heterocycles. The van der Waals surface area contributed by atoms with Gasteiger partial charge in [-0.15, -0.1) is 0 Å². The number of hydrogen-bond donors (Lipinski definition) is 0.